The third kappa shape index (κ3) is 35.0. The maximum Gasteiger partial charge on any atom is 0.433 e. The quantitative estimate of drug-likeness (QED) is 0.0943. The molecule has 80 heavy (non-hydrogen) atoms. The molecular formula is C66H96ClF4N7O2. The van der Waals surface area contributed by atoms with E-state index >= 15 is 0 Å². The first kappa shape index (κ1) is 72.2. The second-order valence-electron chi connectivity index (χ2n) is 27.8. The molecule has 6 aromatic rings. The Labute approximate surface area is 484 Å². The molecule has 0 atom stereocenters. The number of ether oxygens (including phenoxy) is 1. The number of rotatable bonds is 7. The van der Waals surface area contributed by atoms with Crippen LogP contribution in [-0.4, -0.2) is 43.0 Å². The fraction of sp³-hybridized carbons (Fsp3) is 0.530. The lowest BCUT2D eigenvalue weighted by molar-refractivity contribution is -0.141. The molecule has 0 amide bonds. The number of methoxy groups -OCH3 is 1. The van der Waals surface area contributed by atoms with Crippen LogP contribution >= 0.6 is 11.6 Å². The molecule has 6 aromatic heterocycles. The van der Waals surface area contributed by atoms with E-state index in [0.29, 0.717) is 32.9 Å². The van der Waals surface area contributed by atoms with E-state index in [4.69, 9.17) is 17.3 Å². The Kier molecular flexibility index (Phi) is 28.3. The summed E-state index contributed by atoms with van der Waals surface area (Å²) in [5.41, 5.74) is 17.0. The van der Waals surface area contributed by atoms with Gasteiger partial charge in [-0.05, 0) is 167 Å². The highest BCUT2D eigenvalue weighted by atomic mass is 35.5. The van der Waals surface area contributed by atoms with Gasteiger partial charge in [0.05, 0.1) is 13.3 Å². The van der Waals surface area contributed by atoms with E-state index < -0.39 is 17.8 Å². The molecule has 0 bridgehead atoms. The molecule has 14 heteroatoms. The van der Waals surface area contributed by atoms with Crippen molar-refractivity contribution in [2.75, 3.05) is 12.8 Å². The van der Waals surface area contributed by atoms with Crippen molar-refractivity contribution in [2.24, 2.45) is 32.5 Å². The fourth-order valence-corrected chi connectivity index (χ4v) is 8.08. The number of aromatic nitrogens is 6. The second kappa shape index (κ2) is 31.4. The Morgan fingerprint density at radius 2 is 0.925 bits per heavy atom. The van der Waals surface area contributed by atoms with Crippen molar-refractivity contribution in [3.8, 4) is 0 Å². The van der Waals surface area contributed by atoms with Crippen molar-refractivity contribution in [3.63, 3.8) is 0 Å². The van der Waals surface area contributed by atoms with Gasteiger partial charge in [0.1, 0.15) is 28.2 Å². The van der Waals surface area contributed by atoms with Crippen molar-refractivity contribution in [1.82, 2.24) is 29.9 Å². The summed E-state index contributed by atoms with van der Waals surface area (Å²) in [4.78, 5) is 35.0. The van der Waals surface area contributed by atoms with Gasteiger partial charge in [-0.25, -0.2) is 24.1 Å². The molecule has 2 N–H and O–H groups in total. The van der Waals surface area contributed by atoms with Gasteiger partial charge in [0, 0.05) is 42.4 Å². The fourth-order valence-electron chi connectivity index (χ4n) is 7.96. The SMILES string of the molecule is CC(C)(C)Cc1ccc(C(F)(F)F)nc1.CC(C)(C)Cc1ccc(Cl)nc1.CC(C)(C)Cc1ccc(N)nc1.CC(C)(C)Cc1cncc(F)c1.COC(=O)c1ccc(CC(C)(C)C)cn1.Cc1cc(C)c(CC(C)(C)C)c(C)n1. The Morgan fingerprint density at radius 1 is 0.512 bits per heavy atom. The van der Waals surface area contributed by atoms with Crippen LogP contribution in [0.4, 0.5) is 23.4 Å². The maximum absolute atomic E-state index is 12.7. The van der Waals surface area contributed by atoms with E-state index in [1.807, 2.05) is 63.5 Å². The lowest BCUT2D eigenvalue weighted by Gasteiger charge is -2.21. The number of pyridine rings is 6. The first-order valence-corrected chi connectivity index (χ1v) is 27.6. The molecule has 0 unspecified atom stereocenters. The van der Waals surface area contributed by atoms with Crippen LogP contribution in [0.1, 0.15) is 191 Å². The molecule has 0 aliphatic carbocycles. The van der Waals surface area contributed by atoms with Crippen molar-refractivity contribution in [2.45, 2.75) is 190 Å². The molecule has 0 aliphatic rings. The number of nitrogen functional groups attached to an aromatic ring is 1. The van der Waals surface area contributed by atoms with Crippen LogP contribution in [-0.2, 0) is 49.4 Å². The largest absolute Gasteiger partial charge is 0.464 e. The first-order chi connectivity index (χ1) is 36.3. The van der Waals surface area contributed by atoms with Gasteiger partial charge in [-0.1, -0.05) is 160 Å². The summed E-state index contributed by atoms with van der Waals surface area (Å²) >= 11 is 5.67. The standard InChI is InChI=1S/C13H21N.C12H17NO2.C11H14F3N.C10H14ClN.C10H14FN.C10H16N2/c1-9-7-10(2)14-11(3)12(9)8-13(4,5)6;1-12(2,3)7-9-5-6-10(13-8-9)11(14)15-4;1-10(2,3)6-8-4-5-9(15-7-8)11(12,13)14;1-10(2,3)6-8-4-5-9(11)12-7-8;1-10(2,3)5-8-4-9(11)7-12-6-8;1-10(2,3)6-8-4-5-9(11)12-7-8/h7H,8H2,1-6H3;5-6,8H,7H2,1-4H3;4-5,7H,6H2,1-3H3;4-5,7H,6H2,1-3H3;4,6-7H,5H2,1-3H3;4-5,7H,6H2,1-3H3,(H2,11,12). The minimum Gasteiger partial charge on any atom is -0.464 e. The predicted octanol–water partition coefficient (Wildman–Crippen LogP) is 18.1. The molecule has 6 heterocycles. The number of hydrogen-bond donors (Lipinski definition) is 1. The zero-order valence-electron chi connectivity index (χ0n) is 52.4. The Hall–Kier alpha value is -5.82. The number of carbonyl (C=O) groups excluding carboxylic acids is 1. The lowest BCUT2D eigenvalue weighted by atomic mass is 9.86. The molecule has 0 saturated carbocycles. The Bertz CT molecular complexity index is 2660. The van der Waals surface area contributed by atoms with Gasteiger partial charge in [-0.2, -0.15) is 13.2 Å². The molecule has 0 spiro atoms. The topological polar surface area (TPSA) is 130 Å². The van der Waals surface area contributed by atoms with E-state index in [-0.39, 0.29) is 22.1 Å². The summed E-state index contributed by atoms with van der Waals surface area (Å²) in [7, 11) is 1.35. The second-order valence-corrected chi connectivity index (χ2v) is 28.1. The average Bonchev–Trinajstić information content (AvgIpc) is 3.27. The number of esters is 1. The molecular weight excluding hydrogens is 1030 g/mol. The van der Waals surface area contributed by atoms with Gasteiger partial charge in [0.2, 0.25) is 0 Å². The summed E-state index contributed by atoms with van der Waals surface area (Å²) in [6, 6.07) is 17.6. The zero-order valence-corrected chi connectivity index (χ0v) is 53.2. The molecule has 442 valence electrons. The predicted molar refractivity (Wildman–Crippen MR) is 324 cm³/mol. The average molecular weight is 1130 g/mol. The van der Waals surface area contributed by atoms with E-state index in [9.17, 15) is 22.4 Å². The molecule has 0 saturated heterocycles. The van der Waals surface area contributed by atoms with Crippen molar-refractivity contribution < 1.29 is 27.1 Å². The minimum atomic E-state index is -4.35. The molecule has 0 aliphatic heterocycles. The van der Waals surface area contributed by atoms with Crippen molar-refractivity contribution in [1.29, 1.82) is 0 Å². The number of carbonyl (C=O) groups is 1. The lowest BCUT2D eigenvalue weighted by Crippen LogP contribution is -2.12. The van der Waals surface area contributed by atoms with E-state index in [0.717, 1.165) is 67.0 Å². The normalized spacial score (nSPS) is 11.8. The van der Waals surface area contributed by atoms with Gasteiger partial charge >= 0.3 is 12.1 Å². The van der Waals surface area contributed by atoms with E-state index in [2.05, 4.69) is 165 Å². The van der Waals surface area contributed by atoms with Crippen LogP contribution in [0.25, 0.3) is 0 Å². The van der Waals surface area contributed by atoms with Gasteiger partial charge in [-0.3, -0.25) is 15.0 Å². The summed E-state index contributed by atoms with van der Waals surface area (Å²) in [5.74, 6) is -0.0540. The van der Waals surface area contributed by atoms with Crippen molar-refractivity contribution in [3.05, 3.63) is 171 Å². The van der Waals surface area contributed by atoms with Gasteiger partial charge in [0.15, 0.2) is 0 Å². The number of hydrogen-bond acceptors (Lipinski definition) is 9. The van der Waals surface area contributed by atoms with Crippen LogP contribution in [0, 0.1) is 59.1 Å². The molecule has 0 fully saturated rings. The summed E-state index contributed by atoms with van der Waals surface area (Å²) in [5, 5.41) is 0.563. The summed E-state index contributed by atoms with van der Waals surface area (Å²) in [6.45, 7) is 45.4. The van der Waals surface area contributed by atoms with Crippen LogP contribution in [0.2, 0.25) is 5.15 Å². The first-order valence-electron chi connectivity index (χ1n) is 27.2. The third-order valence-corrected chi connectivity index (χ3v) is 11.0. The van der Waals surface area contributed by atoms with Gasteiger partial charge in [0.25, 0.3) is 0 Å². The summed E-state index contributed by atoms with van der Waals surface area (Å²) < 4.78 is 53.8. The molecule has 0 aromatic carbocycles. The molecule has 0 radical (unpaired) electrons. The number of nitrogens with zero attached hydrogens (tertiary/aromatic N) is 6. The highest BCUT2D eigenvalue weighted by Crippen LogP contribution is 2.29. The monoisotopic (exact) mass is 1130 g/mol. The molecule has 6 rings (SSSR count). The highest BCUT2D eigenvalue weighted by molar-refractivity contribution is 6.29. The number of aryl methyl sites for hydroxylation is 3. The van der Waals surface area contributed by atoms with Crippen LogP contribution in [0.5, 0.6) is 0 Å². The van der Waals surface area contributed by atoms with Gasteiger partial charge in [-0.15, -0.1) is 0 Å². The summed E-state index contributed by atoms with van der Waals surface area (Å²) in [6.07, 6.45) is 11.0. The number of halogens is 5. The number of anilines is 1. The number of alkyl halides is 3. The van der Waals surface area contributed by atoms with Crippen LogP contribution < -0.4 is 5.73 Å². The Morgan fingerprint density at radius 3 is 1.26 bits per heavy atom. The smallest absolute Gasteiger partial charge is 0.433 e. The minimum absolute atomic E-state index is 0.0570. The van der Waals surface area contributed by atoms with Crippen LogP contribution in [0.15, 0.2) is 97.8 Å². The van der Waals surface area contributed by atoms with E-state index in [1.54, 1.807) is 18.5 Å². The number of nitrogens with two attached hydrogens (primary N) is 1. The molecule has 9 nitrogen and oxygen atoms in total. The van der Waals surface area contributed by atoms with Crippen molar-refractivity contribution >= 4 is 23.4 Å². The highest BCUT2D eigenvalue weighted by Gasteiger charge is 2.32. The van der Waals surface area contributed by atoms with Gasteiger partial charge < -0.3 is 10.5 Å². The van der Waals surface area contributed by atoms with Crippen LogP contribution in [0.3, 0.4) is 0 Å². The van der Waals surface area contributed by atoms with E-state index in [1.165, 1.54) is 59.6 Å². The maximum atomic E-state index is 12.7. The Balaban J connectivity index is 0.000000481. The zero-order chi connectivity index (χ0) is 61.7. The third-order valence-electron chi connectivity index (χ3n) is 10.8.